The second-order valence-electron chi connectivity index (χ2n) is 10.7. The highest BCUT2D eigenvalue weighted by Gasteiger charge is 2.29. The molecule has 216 valence electrons. The van der Waals surface area contributed by atoms with E-state index in [1.165, 1.54) is 34.6 Å². The molecule has 0 bridgehead atoms. The minimum absolute atomic E-state index is 0.356. The number of hydrogen-bond acceptors (Lipinski definition) is 6. The van der Waals surface area contributed by atoms with E-state index in [9.17, 15) is 4.79 Å². The van der Waals surface area contributed by atoms with Crippen molar-refractivity contribution >= 4 is 33.5 Å². The molecule has 0 aliphatic heterocycles. The molecule has 0 spiro atoms. The van der Waals surface area contributed by atoms with E-state index in [0.717, 1.165) is 65.5 Å². The van der Waals surface area contributed by atoms with Crippen molar-refractivity contribution in [1.29, 1.82) is 0 Å². The maximum atomic E-state index is 10.9. The zero-order valence-corrected chi connectivity index (χ0v) is 26.0. The molecule has 40 heavy (non-hydrogen) atoms. The fourth-order valence-electron chi connectivity index (χ4n) is 4.44. The first-order valence-electron chi connectivity index (χ1n) is 14.4. The number of carbonyl (C=O) groups excluding carboxylic acids is 1. The van der Waals surface area contributed by atoms with Crippen LogP contribution in [0.5, 0.6) is 0 Å². The Hall–Kier alpha value is -3.06. The van der Waals surface area contributed by atoms with Crippen LogP contribution in [0.3, 0.4) is 0 Å². The molecule has 2 aromatic heterocycles. The third kappa shape index (κ3) is 10.8. The van der Waals surface area contributed by atoms with Gasteiger partial charge < -0.3 is 16.4 Å². The molecular weight excluding hydrogens is 512 g/mol. The number of anilines is 1. The Morgan fingerprint density at radius 2 is 1.68 bits per heavy atom. The van der Waals surface area contributed by atoms with Crippen molar-refractivity contribution in [3.05, 3.63) is 94.5 Å². The molecule has 1 unspecified atom stereocenters. The second-order valence-corrected chi connectivity index (χ2v) is 11.7. The molecule has 2 heterocycles. The molecule has 5 rings (SSSR count). The van der Waals surface area contributed by atoms with Crippen LogP contribution in [0, 0.1) is 11.3 Å². The summed E-state index contributed by atoms with van der Waals surface area (Å²) in [4.78, 5) is 17.4. The van der Waals surface area contributed by atoms with E-state index >= 15 is 0 Å². The zero-order valence-electron chi connectivity index (χ0n) is 25.2. The molecule has 1 aliphatic carbocycles. The Labute approximate surface area is 245 Å². The number of rotatable bonds is 6. The summed E-state index contributed by atoms with van der Waals surface area (Å²) in [6.07, 6.45) is 4.33. The number of likely N-dealkylation sites (N-methyl/N-ethyl adjacent to an activating group) is 1. The Balaban J connectivity index is 0.000000235. The molecule has 0 saturated carbocycles. The molecular formula is C34H48N4OS. The first kappa shape index (κ1) is 33.1. The number of para-hydroxylation sites is 1. The van der Waals surface area contributed by atoms with Crippen LogP contribution in [0.2, 0.25) is 0 Å². The van der Waals surface area contributed by atoms with Crippen molar-refractivity contribution in [3.8, 4) is 0 Å². The molecule has 1 aliphatic rings. The first-order valence-corrected chi connectivity index (χ1v) is 15.2. The molecule has 0 fully saturated rings. The maximum Gasteiger partial charge on any atom is 0.160 e. The molecule has 1 atom stereocenters. The van der Waals surface area contributed by atoms with Gasteiger partial charge in [0.15, 0.2) is 6.29 Å². The number of pyridine rings is 1. The summed E-state index contributed by atoms with van der Waals surface area (Å²) in [5.74, 6) is 0.725. The number of aromatic nitrogens is 1. The van der Waals surface area contributed by atoms with Gasteiger partial charge in [-0.1, -0.05) is 83.1 Å². The summed E-state index contributed by atoms with van der Waals surface area (Å²) in [5.41, 5.74) is 10.5. The van der Waals surface area contributed by atoms with E-state index in [1.807, 2.05) is 51.2 Å². The van der Waals surface area contributed by atoms with Crippen LogP contribution in [-0.4, -0.2) is 31.4 Å². The van der Waals surface area contributed by atoms with E-state index in [1.54, 1.807) is 0 Å². The largest absolute Gasteiger partial charge is 0.381 e. The van der Waals surface area contributed by atoms with Gasteiger partial charge in [-0.3, -0.25) is 4.79 Å². The van der Waals surface area contributed by atoms with E-state index in [2.05, 4.69) is 73.9 Å². The van der Waals surface area contributed by atoms with Crippen molar-refractivity contribution in [2.24, 2.45) is 17.1 Å². The fraction of sp³-hybridized carbons (Fsp3) is 0.412. The lowest BCUT2D eigenvalue weighted by Gasteiger charge is -2.34. The van der Waals surface area contributed by atoms with Gasteiger partial charge in [0.1, 0.15) is 4.83 Å². The highest BCUT2D eigenvalue weighted by Crippen LogP contribution is 2.38. The Bertz CT molecular complexity index is 1210. The summed E-state index contributed by atoms with van der Waals surface area (Å²) in [6.45, 7) is 13.5. The van der Waals surface area contributed by atoms with Crippen molar-refractivity contribution < 1.29 is 4.79 Å². The van der Waals surface area contributed by atoms with Crippen LogP contribution in [0.15, 0.2) is 72.8 Å². The van der Waals surface area contributed by atoms with Gasteiger partial charge in [0.25, 0.3) is 0 Å². The molecule has 0 amide bonds. The standard InChI is InChI=1S/C16H19NOS.C13H13N.C3H10N2.C2H6/c1-16(2,3)12-4-5-14-10(7-12)6-11-8-13(9-18)19-15(11)17-14;1-3-7-12(8-4-1)11-14-13-9-5-2-6-10-13;1-5-3-2-4;1-2/h6,8-9,12H,4-5,7H2,1-3H3;1-10,14H,11H2;5H,2-4H2,1H3;1-2H3. The summed E-state index contributed by atoms with van der Waals surface area (Å²) in [5, 5.41) is 7.38. The molecule has 2 aromatic carbocycles. The van der Waals surface area contributed by atoms with Gasteiger partial charge in [-0.2, -0.15) is 0 Å². The summed E-state index contributed by atoms with van der Waals surface area (Å²) in [6, 6.07) is 24.8. The number of hydrogen-bond donors (Lipinski definition) is 3. The van der Waals surface area contributed by atoms with Gasteiger partial charge in [-0.05, 0) is 73.0 Å². The van der Waals surface area contributed by atoms with Crippen molar-refractivity contribution in [3.63, 3.8) is 0 Å². The minimum Gasteiger partial charge on any atom is -0.381 e. The normalized spacial score (nSPS) is 13.8. The lowest BCUT2D eigenvalue weighted by Crippen LogP contribution is -2.27. The van der Waals surface area contributed by atoms with Gasteiger partial charge in [0.05, 0.1) is 4.88 Å². The average Bonchev–Trinajstić information content (AvgIpc) is 3.39. The summed E-state index contributed by atoms with van der Waals surface area (Å²) >= 11 is 1.50. The van der Waals surface area contributed by atoms with Crippen LogP contribution in [-0.2, 0) is 19.4 Å². The Morgan fingerprint density at radius 1 is 1.02 bits per heavy atom. The van der Waals surface area contributed by atoms with Gasteiger partial charge in [0, 0.05) is 36.4 Å². The van der Waals surface area contributed by atoms with Crippen molar-refractivity contribution in [2.45, 2.75) is 60.4 Å². The lowest BCUT2D eigenvalue weighted by atomic mass is 9.71. The monoisotopic (exact) mass is 560 g/mol. The van der Waals surface area contributed by atoms with E-state index < -0.39 is 0 Å². The van der Waals surface area contributed by atoms with Gasteiger partial charge >= 0.3 is 0 Å². The minimum atomic E-state index is 0.356. The highest BCUT2D eigenvalue weighted by molar-refractivity contribution is 7.20. The number of nitrogens with zero attached hydrogens (tertiary/aromatic N) is 1. The number of aryl methyl sites for hydroxylation is 1. The second kappa shape index (κ2) is 17.6. The topological polar surface area (TPSA) is 80.0 Å². The number of carbonyl (C=O) groups is 1. The van der Waals surface area contributed by atoms with E-state index in [4.69, 9.17) is 10.7 Å². The van der Waals surface area contributed by atoms with Crippen LogP contribution in [0.4, 0.5) is 5.69 Å². The number of thiophene rings is 1. The van der Waals surface area contributed by atoms with Crippen molar-refractivity contribution in [1.82, 2.24) is 10.3 Å². The SMILES string of the molecule is CC.CC(C)(C)C1CCc2nc3sc(C=O)cc3cc2C1.CNCCN.c1ccc(CNc2ccccc2)cc1. The lowest BCUT2D eigenvalue weighted by molar-refractivity contribution is 0.112. The molecule has 4 aromatic rings. The molecule has 4 N–H and O–H groups in total. The summed E-state index contributed by atoms with van der Waals surface area (Å²) in [7, 11) is 1.88. The zero-order chi connectivity index (χ0) is 29.4. The molecule has 6 heteroatoms. The van der Waals surface area contributed by atoms with Gasteiger partial charge in [-0.25, -0.2) is 4.98 Å². The smallest absolute Gasteiger partial charge is 0.160 e. The van der Waals surface area contributed by atoms with Crippen LogP contribution in [0.1, 0.15) is 67.5 Å². The molecule has 0 saturated heterocycles. The predicted molar refractivity (Wildman–Crippen MR) is 175 cm³/mol. The van der Waals surface area contributed by atoms with Crippen molar-refractivity contribution in [2.75, 3.05) is 25.5 Å². The quantitative estimate of drug-likeness (QED) is 0.210. The number of fused-ring (bicyclic) bond motifs is 2. The number of benzene rings is 2. The third-order valence-corrected chi connectivity index (χ3v) is 7.71. The Morgan fingerprint density at radius 3 is 2.23 bits per heavy atom. The summed E-state index contributed by atoms with van der Waals surface area (Å²) < 4.78 is 0. The van der Waals surface area contributed by atoms with Gasteiger partial charge in [-0.15, -0.1) is 11.3 Å². The van der Waals surface area contributed by atoms with Crippen LogP contribution >= 0.6 is 11.3 Å². The predicted octanol–water partition coefficient (Wildman–Crippen LogP) is 7.75. The highest BCUT2D eigenvalue weighted by atomic mass is 32.1. The number of nitrogens with one attached hydrogen (secondary N) is 2. The third-order valence-electron chi connectivity index (χ3n) is 6.74. The average molecular weight is 561 g/mol. The van der Waals surface area contributed by atoms with Gasteiger partial charge in [0.2, 0.25) is 0 Å². The number of aldehydes is 1. The number of nitrogens with two attached hydrogens (primary N) is 1. The van der Waals surface area contributed by atoms with E-state index in [-0.39, 0.29) is 0 Å². The Kier molecular flexibility index (Phi) is 14.6. The molecule has 5 nitrogen and oxygen atoms in total. The van der Waals surface area contributed by atoms with E-state index in [0.29, 0.717) is 5.41 Å². The van der Waals surface area contributed by atoms with Crippen LogP contribution in [0.25, 0.3) is 10.2 Å². The molecule has 0 radical (unpaired) electrons. The first-order chi connectivity index (χ1) is 19.3. The fourth-order valence-corrected chi connectivity index (χ4v) is 5.29. The van der Waals surface area contributed by atoms with Crippen LogP contribution < -0.4 is 16.4 Å². The maximum absolute atomic E-state index is 10.9.